The maximum Gasteiger partial charge on any atom is 0.337 e. The fraction of sp³-hybridized carbons (Fsp3) is 0.125. The molecular formula is C8H10N2O2. The van der Waals surface area contributed by atoms with E-state index in [1.165, 1.54) is 6.07 Å². The molecule has 0 saturated heterocycles. The van der Waals surface area contributed by atoms with E-state index in [0.717, 1.165) is 5.56 Å². The molecule has 0 saturated carbocycles. The maximum atomic E-state index is 10.6. The molecular weight excluding hydrogens is 156 g/mol. The number of aromatic carboxylic acids is 1. The molecule has 0 aliphatic rings. The molecule has 0 unspecified atom stereocenters. The van der Waals surface area contributed by atoms with Gasteiger partial charge in [0.25, 0.3) is 0 Å². The Morgan fingerprint density at radius 2 is 2.25 bits per heavy atom. The number of anilines is 1. The zero-order valence-corrected chi connectivity index (χ0v) is 6.66. The smallest absolute Gasteiger partial charge is 0.337 e. The van der Waals surface area contributed by atoms with Gasteiger partial charge < -0.3 is 10.5 Å². The van der Waals surface area contributed by atoms with E-state index in [0.29, 0.717) is 5.69 Å². The highest BCUT2D eigenvalue weighted by molar-refractivity contribution is 5.94. The molecule has 1 aromatic carbocycles. The lowest BCUT2D eigenvalue weighted by molar-refractivity contribution is 0.0698. The Kier molecular flexibility index (Phi) is 2.30. The number of para-hydroxylation sites is 1. The molecule has 0 heterocycles. The van der Waals surface area contributed by atoms with E-state index < -0.39 is 5.97 Å². The summed E-state index contributed by atoms with van der Waals surface area (Å²) >= 11 is 0. The second-order valence-electron chi connectivity index (χ2n) is 2.45. The molecule has 4 heteroatoms. The van der Waals surface area contributed by atoms with Gasteiger partial charge in [-0.1, -0.05) is 12.1 Å². The zero-order chi connectivity index (χ0) is 9.14. The van der Waals surface area contributed by atoms with Crippen molar-refractivity contribution in [1.82, 2.24) is 0 Å². The molecule has 0 radical (unpaired) electrons. The first kappa shape index (κ1) is 8.55. The molecule has 4 N–H and O–H groups in total. The topological polar surface area (TPSA) is 75.3 Å². The number of hydrogen-bond donors (Lipinski definition) is 3. The van der Waals surface area contributed by atoms with Crippen LogP contribution in [0.3, 0.4) is 0 Å². The first-order valence-corrected chi connectivity index (χ1v) is 3.46. The van der Waals surface area contributed by atoms with Gasteiger partial charge in [0.1, 0.15) is 0 Å². The van der Waals surface area contributed by atoms with Gasteiger partial charge in [-0.2, -0.15) is 0 Å². The summed E-state index contributed by atoms with van der Waals surface area (Å²) in [6.07, 6.45) is 0. The van der Waals surface area contributed by atoms with Gasteiger partial charge in [0, 0.05) is 0 Å². The van der Waals surface area contributed by atoms with Crippen molar-refractivity contribution in [2.24, 2.45) is 5.84 Å². The van der Waals surface area contributed by atoms with Crippen molar-refractivity contribution >= 4 is 11.7 Å². The van der Waals surface area contributed by atoms with Crippen molar-refractivity contribution in [1.29, 1.82) is 0 Å². The molecule has 1 rings (SSSR count). The third-order valence-electron chi connectivity index (χ3n) is 1.65. The molecule has 0 spiro atoms. The molecule has 0 aromatic heterocycles. The van der Waals surface area contributed by atoms with E-state index in [1.54, 1.807) is 19.1 Å². The number of nitrogen functional groups attached to an aromatic ring is 1. The summed E-state index contributed by atoms with van der Waals surface area (Å²) in [4.78, 5) is 10.6. The Balaban J connectivity index is 3.27. The lowest BCUT2D eigenvalue weighted by Crippen LogP contribution is -2.13. The first-order chi connectivity index (χ1) is 5.66. The molecule has 4 nitrogen and oxygen atoms in total. The number of benzene rings is 1. The SMILES string of the molecule is Cc1cccc(C(=O)O)c1NN. The molecule has 0 fully saturated rings. The highest BCUT2D eigenvalue weighted by atomic mass is 16.4. The van der Waals surface area contributed by atoms with E-state index >= 15 is 0 Å². The predicted molar refractivity (Wildman–Crippen MR) is 45.9 cm³/mol. The number of nitrogens with one attached hydrogen (secondary N) is 1. The van der Waals surface area contributed by atoms with Crippen LogP contribution in [-0.4, -0.2) is 11.1 Å². The summed E-state index contributed by atoms with van der Waals surface area (Å²) in [5, 5.41) is 8.73. The minimum absolute atomic E-state index is 0.192. The van der Waals surface area contributed by atoms with Gasteiger partial charge in [0.05, 0.1) is 11.3 Å². The van der Waals surface area contributed by atoms with Gasteiger partial charge in [-0.25, -0.2) is 4.79 Å². The second-order valence-corrected chi connectivity index (χ2v) is 2.45. The highest BCUT2D eigenvalue weighted by Crippen LogP contribution is 2.18. The van der Waals surface area contributed by atoms with Crippen LogP contribution in [0, 0.1) is 6.92 Å². The van der Waals surface area contributed by atoms with Crippen LogP contribution >= 0.6 is 0 Å². The standard InChI is InChI=1S/C8H10N2O2/c1-5-3-2-4-6(8(11)12)7(5)10-9/h2-4,10H,9H2,1H3,(H,11,12). The van der Waals surface area contributed by atoms with Gasteiger partial charge in [-0.3, -0.25) is 5.84 Å². The minimum Gasteiger partial charge on any atom is -0.478 e. The van der Waals surface area contributed by atoms with Crippen LogP contribution in [0.5, 0.6) is 0 Å². The number of aryl methyl sites for hydroxylation is 1. The molecule has 12 heavy (non-hydrogen) atoms. The summed E-state index contributed by atoms with van der Waals surface area (Å²) < 4.78 is 0. The first-order valence-electron chi connectivity index (χ1n) is 3.46. The van der Waals surface area contributed by atoms with E-state index in [1.807, 2.05) is 0 Å². The van der Waals surface area contributed by atoms with E-state index in [4.69, 9.17) is 10.9 Å². The third-order valence-corrected chi connectivity index (χ3v) is 1.65. The van der Waals surface area contributed by atoms with Gasteiger partial charge in [0.2, 0.25) is 0 Å². The molecule has 0 amide bonds. The number of carboxylic acids is 1. The summed E-state index contributed by atoms with van der Waals surface area (Å²) in [6, 6.07) is 4.98. The highest BCUT2D eigenvalue weighted by Gasteiger charge is 2.09. The third kappa shape index (κ3) is 1.38. The molecule has 0 aliphatic carbocycles. The van der Waals surface area contributed by atoms with E-state index in [-0.39, 0.29) is 5.56 Å². The Morgan fingerprint density at radius 3 is 2.67 bits per heavy atom. The van der Waals surface area contributed by atoms with Crippen LogP contribution in [0.25, 0.3) is 0 Å². The van der Waals surface area contributed by atoms with E-state index in [9.17, 15) is 4.79 Å². The van der Waals surface area contributed by atoms with Crippen molar-refractivity contribution in [3.05, 3.63) is 29.3 Å². The van der Waals surface area contributed by atoms with Crippen LogP contribution in [0.2, 0.25) is 0 Å². The van der Waals surface area contributed by atoms with Crippen molar-refractivity contribution in [3.8, 4) is 0 Å². The summed E-state index contributed by atoms with van der Waals surface area (Å²) in [6.45, 7) is 1.79. The maximum absolute atomic E-state index is 10.6. The van der Waals surface area contributed by atoms with Crippen molar-refractivity contribution in [2.75, 3.05) is 5.43 Å². The molecule has 64 valence electrons. The van der Waals surface area contributed by atoms with Crippen LogP contribution in [0.15, 0.2) is 18.2 Å². The predicted octanol–water partition coefficient (Wildman–Crippen LogP) is 0.979. The van der Waals surface area contributed by atoms with Gasteiger partial charge in [-0.15, -0.1) is 0 Å². The van der Waals surface area contributed by atoms with Crippen LogP contribution in [0.4, 0.5) is 5.69 Å². The lowest BCUT2D eigenvalue weighted by Gasteiger charge is -2.07. The fourth-order valence-electron chi connectivity index (χ4n) is 1.04. The number of hydrogen-bond acceptors (Lipinski definition) is 3. The van der Waals surface area contributed by atoms with Gasteiger partial charge in [-0.05, 0) is 18.6 Å². The molecule has 0 atom stereocenters. The number of hydrazine groups is 1. The van der Waals surface area contributed by atoms with Gasteiger partial charge >= 0.3 is 5.97 Å². The monoisotopic (exact) mass is 166 g/mol. The van der Waals surface area contributed by atoms with Crippen molar-refractivity contribution in [3.63, 3.8) is 0 Å². The fourth-order valence-corrected chi connectivity index (χ4v) is 1.04. The van der Waals surface area contributed by atoms with Crippen LogP contribution in [-0.2, 0) is 0 Å². The Bertz CT molecular complexity index is 310. The average molecular weight is 166 g/mol. The van der Waals surface area contributed by atoms with Gasteiger partial charge in [0.15, 0.2) is 0 Å². The zero-order valence-electron chi connectivity index (χ0n) is 6.66. The number of carboxylic acid groups (broad SMARTS) is 1. The largest absolute Gasteiger partial charge is 0.478 e. The number of carbonyl (C=O) groups is 1. The van der Waals surface area contributed by atoms with Crippen LogP contribution in [0.1, 0.15) is 15.9 Å². The minimum atomic E-state index is -0.980. The second kappa shape index (κ2) is 3.23. The molecule has 1 aromatic rings. The Labute approximate surface area is 70.0 Å². The summed E-state index contributed by atoms with van der Waals surface area (Å²) in [5.74, 6) is 4.20. The average Bonchev–Trinajstić information content (AvgIpc) is 2.03. The molecule has 0 bridgehead atoms. The van der Waals surface area contributed by atoms with Crippen molar-refractivity contribution < 1.29 is 9.90 Å². The summed E-state index contributed by atoms with van der Waals surface area (Å²) in [7, 11) is 0. The Morgan fingerprint density at radius 1 is 1.58 bits per heavy atom. The Hall–Kier alpha value is -1.55. The lowest BCUT2D eigenvalue weighted by atomic mass is 10.1. The molecule has 0 aliphatic heterocycles. The summed E-state index contributed by atoms with van der Waals surface area (Å²) in [5.41, 5.74) is 3.84. The normalized spacial score (nSPS) is 9.50. The van der Waals surface area contributed by atoms with E-state index in [2.05, 4.69) is 5.43 Å². The van der Waals surface area contributed by atoms with Crippen molar-refractivity contribution in [2.45, 2.75) is 6.92 Å². The number of nitrogens with two attached hydrogens (primary N) is 1. The van der Waals surface area contributed by atoms with Crippen LogP contribution < -0.4 is 11.3 Å². The number of rotatable bonds is 2. The quantitative estimate of drug-likeness (QED) is 0.452.